The van der Waals surface area contributed by atoms with Gasteiger partial charge in [0, 0.05) is 5.92 Å². The van der Waals surface area contributed by atoms with E-state index < -0.39 is 11.2 Å². The number of rotatable bonds is 0. The molecule has 0 spiro atoms. The molecule has 2 nitrogen and oxygen atoms in total. The van der Waals surface area contributed by atoms with Gasteiger partial charge in [-0.05, 0) is 64.2 Å². The monoisotopic (exact) mass is 236 g/mol. The first-order chi connectivity index (χ1) is 7.81. The summed E-state index contributed by atoms with van der Waals surface area (Å²) in [4.78, 5) is 0. The minimum Gasteiger partial charge on any atom is -0.390 e. The van der Waals surface area contributed by atoms with E-state index in [2.05, 4.69) is 13.0 Å². The van der Waals surface area contributed by atoms with Crippen LogP contribution in [0.3, 0.4) is 0 Å². The molecule has 0 aliphatic heterocycles. The van der Waals surface area contributed by atoms with E-state index in [1.54, 1.807) is 0 Å². The third-order valence-corrected chi connectivity index (χ3v) is 5.96. The predicted octanol–water partition coefficient (Wildman–Crippen LogP) is 2.50. The molecule has 4 aliphatic carbocycles. The van der Waals surface area contributed by atoms with Crippen molar-refractivity contribution in [2.24, 2.45) is 23.7 Å². The number of hydrogen-bond acceptors (Lipinski definition) is 2. The summed E-state index contributed by atoms with van der Waals surface area (Å²) in [5.74, 6) is 1.32. The van der Waals surface area contributed by atoms with E-state index in [1.165, 1.54) is 5.57 Å². The van der Waals surface area contributed by atoms with Gasteiger partial charge < -0.3 is 10.2 Å². The Morgan fingerprint density at radius 3 is 2.29 bits per heavy atom. The molecule has 2 N–H and O–H groups in total. The van der Waals surface area contributed by atoms with Crippen molar-refractivity contribution in [2.75, 3.05) is 0 Å². The van der Waals surface area contributed by atoms with Gasteiger partial charge in [-0.15, -0.1) is 0 Å². The van der Waals surface area contributed by atoms with Crippen molar-refractivity contribution >= 4 is 0 Å². The van der Waals surface area contributed by atoms with Crippen LogP contribution in [0, 0.1) is 23.7 Å². The Morgan fingerprint density at radius 2 is 1.59 bits per heavy atom. The molecule has 17 heavy (non-hydrogen) atoms. The molecule has 2 fully saturated rings. The topological polar surface area (TPSA) is 40.5 Å². The van der Waals surface area contributed by atoms with Crippen LogP contribution in [0.4, 0.5) is 0 Å². The third kappa shape index (κ3) is 1.53. The Kier molecular flexibility index (Phi) is 2.32. The lowest BCUT2D eigenvalue weighted by atomic mass is 9.51. The minimum atomic E-state index is -0.563. The van der Waals surface area contributed by atoms with Gasteiger partial charge in [0.1, 0.15) is 0 Å². The SMILES string of the molecule is C/C1=C/C2C[C@@H]3C[C@@H](CC(C1)[C@@]3(C)O)[C@]2(C)O. The summed E-state index contributed by atoms with van der Waals surface area (Å²) in [5, 5.41) is 21.5. The molecule has 0 aromatic rings. The van der Waals surface area contributed by atoms with E-state index >= 15 is 0 Å². The molecule has 96 valence electrons. The van der Waals surface area contributed by atoms with Gasteiger partial charge >= 0.3 is 0 Å². The smallest absolute Gasteiger partial charge is 0.0710 e. The van der Waals surface area contributed by atoms with Crippen molar-refractivity contribution < 1.29 is 10.2 Å². The van der Waals surface area contributed by atoms with Crippen molar-refractivity contribution in [3.63, 3.8) is 0 Å². The van der Waals surface area contributed by atoms with Gasteiger partial charge in [0.05, 0.1) is 11.2 Å². The normalized spacial score (nSPS) is 60.6. The van der Waals surface area contributed by atoms with E-state index in [4.69, 9.17) is 0 Å². The van der Waals surface area contributed by atoms with Crippen LogP contribution in [0.1, 0.15) is 46.5 Å². The molecule has 2 unspecified atom stereocenters. The van der Waals surface area contributed by atoms with Crippen LogP contribution in [0.15, 0.2) is 11.6 Å². The van der Waals surface area contributed by atoms with Gasteiger partial charge in [-0.3, -0.25) is 0 Å². The highest BCUT2D eigenvalue weighted by molar-refractivity contribution is 5.18. The molecular weight excluding hydrogens is 212 g/mol. The van der Waals surface area contributed by atoms with Crippen molar-refractivity contribution in [3.05, 3.63) is 11.6 Å². The highest BCUT2D eigenvalue weighted by Gasteiger charge is 2.56. The second kappa shape index (κ2) is 3.36. The lowest BCUT2D eigenvalue weighted by molar-refractivity contribution is -0.181. The summed E-state index contributed by atoms with van der Waals surface area (Å²) in [5.41, 5.74) is 0.257. The molecular formula is C15H24O2. The number of aliphatic hydroxyl groups is 2. The predicted molar refractivity (Wildman–Crippen MR) is 67.4 cm³/mol. The fourth-order valence-corrected chi connectivity index (χ4v) is 4.58. The van der Waals surface area contributed by atoms with Gasteiger partial charge in [0.15, 0.2) is 0 Å². The highest BCUT2D eigenvalue weighted by Crippen LogP contribution is 2.57. The van der Waals surface area contributed by atoms with Crippen LogP contribution in [-0.2, 0) is 0 Å². The van der Waals surface area contributed by atoms with E-state index in [-0.39, 0.29) is 5.92 Å². The maximum absolute atomic E-state index is 10.8. The van der Waals surface area contributed by atoms with Gasteiger partial charge in [0.25, 0.3) is 0 Å². The van der Waals surface area contributed by atoms with Crippen LogP contribution >= 0.6 is 0 Å². The number of allylic oxidation sites excluding steroid dienone is 1. The molecule has 0 saturated heterocycles. The lowest BCUT2D eigenvalue weighted by Gasteiger charge is -2.58. The van der Waals surface area contributed by atoms with Crippen LogP contribution in [0.25, 0.3) is 0 Å². The fourth-order valence-electron chi connectivity index (χ4n) is 4.58. The van der Waals surface area contributed by atoms with Gasteiger partial charge in [0.2, 0.25) is 0 Å². The molecule has 0 aromatic carbocycles. The summed E-state index contributed by atoms with van der Waals surface area (Å²) in [7, 11) is 0. The first kappa shape index (κ1) is 11.7. The first-order valence-corrected chi connectivity index (χ1v) is 6.94. The van der Waals surface area contributed by atoms with Gasteiger partial charge in [-0.2, -0.15) is 0 Å². The maximum Gasteiger partial charge on any atom is 0.0710 e. The zero-order valence-corrected chi connectivity index (χ0v) is 11.1. The summed E-state index contributed by atoms with van der Waals surface area (Å²) in [6, 6.07) is 0. The Balaban J connectivity index is 2.08. The van der Waals surface area contributed by atoms with E-state index in [9.17, 15) is 10.2 Å². The van der Waals surface area contributed by atoms with E-state index in [1.807, 2.05) is 13.8 Å². The molecule has 4 aliphatic rings. The molecule has 0 aromatic heterocycles. The van der Waals surface area contributed by atoms with E-state index in [0.717, 1.165) is 25.7 Å². The molecule has 0 heterocycles. The van der Waals surface area contributed by atoms with E-state index in [0.29, 0.717) is 17.8 Å². The Hall–Kier alpha value is -0.340. The zero-order valence-electron chi connectivity index (χ0n) is 11.1. The quantitative estimate of drug-likeness (QED) is 0.634. The Bertz CT molecular complexity index is 367. The zero-order chi connectivity index (χ0) is 12.4. The van der Waals surface area contributed by atoms with Crippen LogP contribution in [-0.4, -0.2) is 21.4 Å². The molecule has 6 atom stereocenters. The number of hydrogen-bond donors (Lipinski definition) is 2. The molecule has 0 amide bonds. The molecule has 4 rings (SSSR count). The summed E-state index contributed by atoms with van der Waals surface area (Å²) in [6.45, 7) is 6.17. The Labute approximate surface area is 104 Å². The van der Waals surface area contributed by atoms with Gasteiger partial charge in [-0.25, -0.2) is 0 Å². The molecule has 2 heteroatoms. The fraction of sp³-hybridized carbons (Fsp3) is 0.867. The summed E-state index contributed by atoms with van der Waals surface area (Å²) in [6.07, 6.45) is 6.22. The average molecular weight is 236 g/mol. The average Bonchev–Trinajstić information content (AvgIpc) is 2.21. The first-order valence-electron chi connectivity index (χ1n) is 6.94. The molecule has 0 radical (unpaired) electrons. The third-order valence-electron chi connectivity index (χ3n) is 5.96. The van der Waals surface area contributed by atoms with Crippen LogP contribution in [0.5, 0.6) is 0 Å². The molecule has 4 bridgehead atoms. The van der Waals surface area contributed by atoms with Crippen molar-refractivity contribution in [2.45, 2.75) is 57.7 Å². The van der Waals surface area contributed by atoms with Crippen LogP contribution in [0.2, 0.25) is 0 Å². The standard InChI is InChI=1S/C15H24O2/c1-9-4-10-6-13-8-12(14(10,2)16)7-11(5-9)15(13,3)17/h4,10-13,16-17H,5-8H2,1-3H3/b9-4-/t10?,11?,12-,13-,14-,15-/m1/s1. The largest absolute Gasteiger partial charge is 0.390 e. The Morgan fingerprint density at radius 1 is 1.00 bits per heavy atom. The number of fused-ring (bicyclic) bond motifs is 1. The minimum absolute atomic E-state index is 0.235. The van der Waals surface area contributed by atoms with Crippen LogP contribution < -0.4 is 0 Å². The summed E-state index contributed by atoms with van der Waals surface area (Å²) < 4.78 is 0. The van der Waals surface area contributed by atoms with Gasteiger partial charge in [-0.1, -0.05) is 11.6 Å². The maximum atomic E-state index is 10.8. The van der Waals surface area contributed by atoms with Crippen molar-refractivity contribution in [1.29, 1.82) is 0 Å². The lowest BCUT2D eigenvalue weighted by Crippen LogP contribution is -2.59. The second-order valence-electron chi connectivity index (χ2n) is 7.07. The summed E-state index contributed by atoms with van der Waals surface area (Å²) >= 11 is 0. The van der Waals surface area contributed by atoms with Crippen molar-refractivity contribution in [3.8, 4) is 0 Å². The molecule has 2 saturated carbocycles. The second-order valence-corrected chi connectivity index (χ2v) is 7.07. The van der Waals surface area contributed by atoms with Crippen molar-refractivity contribution in [1.82, 2.24) is 0 Å². The highest BCUT2D eigenvalue weighted by atomic mass is 16.3.